The molecule has 0 unspecified atom stereocenters. The van der Waals surface area contributed by atoms with E-state index in [1.54, 1.807) is 0 Å². The number of carbonyl (C=O) groups is 1. The molecule has 5 heteroatoms. The minimum Gasteiger partial charge on any atom is -0.352 e. The molecular formula is C21H28N4O. The number of aryl methyl sites for hydroxylation is 2. The first-order valence-electron chi connectivity index (χ1n) is 9.89. The molecule has 4 rings (SSSR count). The van der Waals surface area contributed by atoms with Crippen LogP contribution in [-0.2, 0) is 0 Å². The smallest absolute Gasteiger partial charge is 0.251 e. The van der Waals surface area contributed by atoms with Crippen LogP contribution in [0.15, 0.2) is 18.2 Å². The lowest BCUT2D eigenvalue weighted by atomic mass is 9.83. The maximum Gasteiger partial charge on any atom is 0.251 e. The van der Waals surface area contributed by atoms with Crippen molar-refractivity contribution in [2.75, 3.05) is 19.6 Å². The fraction of sp³-hybridized carbons (Fsp3) is 0.571. The summed E-state index contributed by atoms with van der Waals surface area (Å²) in [7, 11) is 0. The fourth-order valence-corrected chi connectivity index (χ4v) is 4.51. The van der Waals surface area contributed by atoms with Crippen molar-refractivity contribution in [2.45, 2.75) is 52.0 Å². The molecule has 2 aliphatic rings. The Morgan fingerprint density at radius 2 is 1.85 bits per heavy atom. The van der Waals surface area contributed by atoms with Gasteiger partial charge in [0, 0.05) is 18.2 Å². The predicted octanol–water partition coefficient (Wildman–Crippen LogP) is 3.24. The highest BCUT2D eigenvalue weighted by atomic mass is 16.1. The number of benzene rings is 1. The van der Waals surface area contributed by atoms with Gasteiger partial charge in [-0.25, -0.2) is 9.97 Å². The Balaban J connectivity index is 1.44. The fourth-order valence-electron chi connectivity index (χ4n) is 4.51. The Hall–Kier alpha value is -2.01. The SMILES string of the molecule is Cc1nc2ccc(C(=O)NC[C@H]3CCCN4CCCC[C@@H]34)cc2nc1C. The standard InChI is InChI=1S/C21H28N4O/c1-14-15(2)24-19-12-16(8-9-18(19)23-14)21(26)22-13-17-6-5-11-25-10-4-3-7-20(17)25/h8-9,12,17,20H,3-7,10-11,13H2,1-2H3,(H,22,26)/t17-,20+/m1/s1. The van der Waals surface area contributed by atoms with Gasteiger partial charge >= 0.3 is 0 Å². The van der Waals surface area contributed by atoms with Crippen molar-refractivity contribution >= 4 is 16.9 Å². The Labute approximate surface area is 155 Å². The van der Waals surface area contributed by atoms with Crippen LogP contribution in [0.2, 0.25) is 0 Å². The largest absolute Gasteiger partial charge is 0.352 e. The summed E-state index contributed by atoms with van der Waals surface area (Å²) in [6, 6.07) is 6.27. The monoisotopic (exact) mass is 352 g/mol. The van der Waals surface area contributed by atoms with Gasteiger partial charge in [0.25, 0.3) is 5.91 Å². The summed E-state index contributed by atoms with van der Waals surface area (Å²) in [6.45, 7) is 7.15. The number of nitrogens with one attached hydrogen (secondary N) is 1. The summed E-state index contributed by atoms with van der Waals surface area (Å²) in [4.78, 5) is 24.4. The molecule has 1 amide bonds. The third-order valence-corrected chi connectivity index (χ3v) is 6.09. The number of piperidine rings is 2. The van der Waals surface area contributed by atoms with Crippen LogP contribution in [0, 0.1) is 19.8 Å². The Morgan fingerprint density at radius 1 is 1.08 bits per heavy atom. The van der Waals surface area contributed by atoms with Crippen molar-refractivity contribution in [1.82, 2.24) is 20.2 Å². The number of carbonyl (C=O) groups excluding carboxylic acids is 1. The maximum atomic E-state index is 12.7. The highest BCUT2D eigenvalue weighted by molar-refractivity contribution is 5.97. The summed E-state index contributed by atoms with van der Waals surface area (Å²) in [5.74, 6) is 0.581. The van der Waals surface area contributed by atoms with Gasteiger partial charge in [0.05, 0.1) is 22.4 Å². The normalized spacial score (nSPS) is 23.6. The molecule has 2 fully saturated rings. The summed E-state index contributed by atoms with van der Waals surface area (Å²) in [6.07, 6.45) is 6.41. The number of aromatic nitrogens is 2. The zero-order valence-electron chi connectivity index (χ0n) is 15.8. The molecule has 0 aliphatic carbocycles. The van der Waals surface area contributed by atoms with E-state index in [-0.39, 0.29) is 5.91 Å². The summed E-state index contributed by atoms with van der Waals surface area (Å²) >= 11 is 0. The molecule has 2 aliphatic heterocycles. The molecule has 2 saturated heterocycles. The van der Waals surface area contributed by atoms with Crippen LogP contribution in [-0.4, -0.2) is 46.5 Å². The van der Waals surface area contributed by atoms with Gasteiger partial charge < -0.3 is 10.2 Å². The zero-order chi connectivity index (χ0) is 18.1. The van der Waals surface area contributed by atoms with Crippen molar-refractivity contribution in [2.24, 2.45) is 5.92 Å². The lowest BCUT2D eigenvalue weighted by Crippen LogP contribution is -2.51. The molecule has 0 bridgehead atoms. The van der Waals surface area contributed by atoms with Gasteiger partial charge in [-0.05, 0) is 76.7 Å². The van der Waals surface area contributed by atoms with Crippen molar-refractivity contribution < 1.29 is 4.79 Å². The average Bonchev–Trinajstić information content (AvgIpc) is 2.66. The molecule has 2 aromatic rings. The Morgan fingerprint density at radius 3 is 2.69 bits per heavy atom. The van der Waals surface area contributed by atoms with Gasteiger partial charge in [-0.2, -0.15) is 0 Å². The van der Waals surface area contributed by atoms with Crippen LogP contribution >= 0.6 is 0 Å². The van der Waals surface area contributed by atoms with E-state index in [0.29, 0.717) is 17.5 Å². The van der Waals surface area contributed by atoms with Crippen LogP contribution < -0.4 is 5.32 Å². The van der Waals surface area contributed by atoms with Crippen molar-refractivity contribution in [3.05, 3.63) is 35.2 Å². The first kappa shape index (κ1) is 17.4. The third-order valence-electron chi connectivity index (χ3n) is 6.09. The summed E-state index contributed by atoms with van der Waals surface area (Å²) in [5.41, 5.74) is 4.15. The number of rotatable bonds is 3. The second-order valence-corrected chi connectivity index (χ2v) is 7.81. The first-order valence-corrected chi connectivity index (χ1v) is 9.89. The highest BCUT2D eigenvalue weighted by Gasteiger charge is 2.32. The van der Waals surface area contributed by atoms with Gasteiger partial charge in [-0.15, -0.1) is 0 Å². The second-order valence-electron chi connectivity index (χ2n) is 7.81. The van der Waals surface area contributed by atoms with E-state index in [1.807, 2.05) is 32.0 Å². The van der Waals surface area contributed by atoms with E-state index in [0.717, 1.165) is 29.0 Å². The van der Waals surface area contributed by atoms with E-state index in [9.17, 15) is 4.79 Å². The maximum absolute atomic E-state index is 12.7. The van der Waals surface area contributed by atoms with Crippen LogP contribution in [0.1, 0.15) is 53.8 Å². The molecule has 0 radical (unpaired) electrons. The molecule has 3 heterocycles. The Kier molecular flexibility index (Phi) is 4.90. The lowest BCUT2D eigenvalue weighted by Gasteiger charge is -2.44. The first-order chi connectivity index (χ1) is 12.6. The molecule has 26 heavy (non-hydrogen) atoms. The van der Waals surface area contributed by atoms with E-state index >= 15 is 0 Å². The van der Waals surface area contributed by atoms with Crippen LogP contribution in [0.5, 0.6) is 0 Å². The highest BCUT2D eigenvalue weighted by Crippen LogP contribution is 2.30. The molecule has 5 nitrogen and oxygen atoms in total. The molecule has 1 aromatic carbocycles. The molecule has 0 spiro atoms. The number of nitrogens with zero attached hydrogens (tertiary/aromatic N) is 3. The average molecular weight is 352 g/mol. The second kappa shape index (κ2) is 7.31. The van der Waals surface area contributed by atoms with E-state index in [2.05, 4.69) is 20.2 Å². The number of hydrogen-bond donors (Lipinski definition) is 1. The minimum absolute atomic E-state index is 0.000129. The van der Waals surface area contributed by atoms with Crippen molar-refractivity contribution in [1.29, 1.82) is 0 Å². The molecule has 2 atom stereocenters. The van der Waals surface area contributed by atoms with Crippen LogP contribution in [0.25, 0.3) is 11.0 Å². The van der Waals surface area contributed by atoms with Gasteiger partial charge in [0.15, 0.2) is 0 Å². The van der Waals surface area contributed by atoms with Crippen LogP contribution in [0.4, 0.5) is 0 Å². The van der Waals surface area contributed by atoms with Gasteiger partial charge in [-0.3, -0.25) is 4.79 Å². The minimum atomic E-state index is -0.000129. The zero-order valence-corrected chi connectivity index (χ0v) is 15.8. The quantitative estimate of drug-likeness (QED) is 0.921. The molecule has 1 aromatic heterocycles. The Bertz CT molecular complexity index is 817. The molecule has 1 N–H and O–H groups in total. The van der Waals surface area contributed by atoms with E-state index in [1.165, 1.54) is 45.2 Å². The molecule has 0 saturated carbocycles. The van der Waals surface area contributed by atoms with E-state index < -0.39 is 0 Å². The van der Waals surface area contributed by atoms with E-state index in [4.69, 9.17) is 0 Å². The lowest BCUT2D eigenvalue weighted by molar-refractivity contribution is 0.0575. The molecule has 138 valence electrons. The number of fused-ring (bicyclic) bond motifs is 2. The van der Waals surface area contributed by atoms with Crippen molar-refractivity contribution in [3.63, 3.8) is 0 Å². The number of amides is 1. The topological polar surface area (TPSA) is 58.1 Å². The third kappa shape index (κ3) is 3.45. The summed E-state index contributed by atoms with van der Waals surface area (Å²) < 4.78 is 0. The van der Waals surface area contributed by atoms with Gasteiger partial charge in [0.2, 0.25) is 0 Å². The number of hydrogen-bond acceptors (Lipinski definition) is 4. The van der Waals surface area contributed by atoms with Gasteiger partial charge in [0.1, 0.15) is 0 Å². The van der Waals surface area contributed by atoms with Crippen molar-refractivity contribution in [3.8, 4) is 0 Å². The van der Waals surface area contributed by atoms with Gasteiger partial charge in [-0.1, -0.05) is 6.42 Å². The molecular weight excluding hydrogens is 324 g/mol. The van der Waals surface area contributed by atoms with Crippen LogP contribution in [0.3, 0.4) is 0 Å². The summed E-state index contributed by atoms with van der Waals surface area (Å²) in [5, 5.41) is 3.18. The predicted molar refractivity (Wildman–Crippen MR) is 103 cm³/mol.